The minimum Gasteiger partial charge on any atom is -0.478 e. The van der Waals surface area contributed by atoms with Gasteiger partial charge in [-0.1, -0.05) is 29.8 Å². The van der Waals surface area contributed by atoms with Crippen molar-refractivity contribution in [3.63, 3.8) is 0 Å². The smallest absolute Gasteiger partial charge is 0.335 e. The number of carbonyl (C=O) groups is 1. The average molecular weight is 255 g/mol. The van der Waals surface area contributed by atoms with Crippen LogP contribution in [0.25, 0.3) is 0 Å². The predicted molar refractivity (Wildman–Crippen MR) is 76.4 cm³/mol. The zero-order chi connectivity index (χ0) is 13.8. The van der Waals surface area contributed by atoms with E-state index in [0.717, 1.165) is 28.8 Å². The second-order valence-corrected chi connectivity index (χ2v) is 4.71. The Morgan fingerprint density at radius 3 is 2.63 bits per heavy atom. The molecule has 0 amide bonds. The molecule has 3 N–H and O–H groups in total. The Balaban J connectivity index is 2.17. The van der Waals surface area contributed by atoms with E-state index in [1.165, 1.54) is 0 Å². The van der Waals surface area contributed by atoms with Gasteiger partial charge in [0.15, 0.2) is 0 Å². The van der Waals surface area contributed by atoms with Crippen molar-refractivity contribution >= 4 is 11.7 Å². The number of benzene rings is 2. The van der Waals surface area contributed by atoms with Gasteiger partial charge in [-0.3, -0.25) is 0 Å². The Labute approximate surface area is 112 Å². The van der Waals surface area contributed by atoms with Crippen LogP contribution in [0.1, 0.15) is 27.0 Å². The summed E-state index contributed by atoms with van der Waals surface area (Å²) in [6.07, 6.45) is 1.49. The Hall–Kier alpha value is -2.29. The summed E-state index contributed by atoms with van der Waals surface area (Å²) in [6.45, 7) is 1.90. The molecule has 0 aliphatic carbocycles. The van der Waals surface area contributed by atoms with Gasteiger partial charge in [-0.25, -0.2) is 4.79 Å². The molecule has 3 heteroatoms. The fraction of sp³-hybridized carbons (Fsp3) is 0.188. The first-order valence-corrected chi connectivity index (χ1v) is 6.23. The van der Waals surface area contributed by atoms with Gasteiger partial charge in [0, 0.05) is 5.69 Å². The molecule has 0 saturated carbocycles. The summed E-state index contributed by atoms with van der Waals surface area (Å²) in [6, 6.07) is 13.2. The molecule has 2 aromatic carbocycles. The molecule has 0 aromatic heterocycles. The van der Waals surface area contributed by atoms with Gasteiger partial charge in [-0.15, -0.1) is 0 Å². The topological polar surface area (TPSA) is 63.3 Å². The number of hydrogen-bond acceptors (Lipinski definition) is 2. The maximum Gasteiger partial charge on any atom is 0.335 e. The van der Waals surface area contributed by atoms with Crippen molar-refractivity contribution in [2.24, 2.45) is 0 Å². The molecular formula is C16H17NO2. The Bertz CT molecular complexity index is 605. The maximum atomic E-state index is 11.2. The fourth-order valence-corrected chi connectivity index (χ4v) is 2.14. The summed E-state index contributed by atoms with van der Waals surface area (Å²) in [5.74, 6) is -0.869. The Morgan fingerprint density at radius 1 is 1.16 bits per heavy atom. The number of nitrogen functional groups attached to an aromatic ring is 1. The van der Waals surface area contributed by atoms with Crippen LogP contribution in [0.4, 0.5) is 5.69 Å². The number of rotatable bonds is 4. The van der Waals surface area contributed by atoms with E-state index in [4.69, 9.17) is 5.73 Å². The molecule has 0 unspecified atom stereocenters. The lowest BCUT2D eigenvalue weighted by Gasteiger charge is -2.08. The number of carboxylic acid groups (broad SMARTS) is 1. The molecule has 3 nitrogen and oxygen atoms in total. The van der Waals surface area contributed by atoms with Gasteiger partial charge in [0.1, 0.15) is 0 Å². The van der Waals surface area contributed by atoms with Gasteiger partial charge in [0.05, 0.1) is 5.56 Å². The molecule has 0 fully saturated rings. The van der Waals surface area contributed by atoms with Gasteiger partial charge in [-0.2, -0.15) is 0 Å². The van der Waals surface area contributed by atoms with E-state index in [9.17, 15) is 9.90 Å². The van der Waals surface area contributed by atoms with Gasteiger partial charge < -0.3 is 10.8 Å². The number of hydrogen-bond donors (Lipinski definition) is 2. The molecule has 0 atom stereocenters. The van der Waals surface area contributed by atoms with Crippen molar-refractivity contribution < 1.29 is 9.90 Å². The number of anilines is 1. The minimum atomic E-state index is -0.869. The molecule has 2 aromatic rings. The van der Waals surface area contributed by atoms with E-state index < -0.39 is 5.97 Å². The van der Waals surface area contributed by atoms with E-state index in [1.54, 1.807) is 6.07 Å². The lowest BCUT2D eigenvalue weighted by Crippen LogP contribution is -2.04. The van der Waals surface area contributed by atoms with Gasteiger partial charge in [0.2, 0.25) is 0 Å². The zero-order valence-corrected chi connectivity index (χ0v) is 10.9. The Morgan fingerprint density at radius 2 is 1.95 bits per heavy atom. The van der Waals surface area contributed by atoms with Crippen LogP contribution in [-0.4, -0.2) is 11.1 Å². The number of carboxylic acids is 1. The van der Waals surface area contributed by atoms with Crippen molar-refractivity contribution in [1.29, 1.82) is 0 Å². The molecule has 19 heavy (non-hydrogen) atoms. The van der Waals surface area contributed by atoms with Gasteiger partial charge in [0.25, 0.3) is 0 Å². The zero-order valence-electron chi connectivity index (χ0n) is 10.9. The molecule has 0 aliphatic rings. The summed E-state index contributed by atoms with van der Waals surface area (Å²) < 4.78 is 0. The Kier molecular flexibility index (Phi) is 3.85. The van der Waals surface area contributed by atoms with Crippen LogP contribution >= 0.6 is 0 Å². The highest BCUT2D eigenvalue weighted by Crippen LogP contribution is 2.16. The maximum absolute atomic E-state index is 11.2. The predicted octanol–water partition coefficient (Wildman–Crippen LogP) is 3.06. The SMILES string of the molecule is Cc1ccc(CCc2cccc(N)c2)c(C(=O)O)c1. The lowest BCUT2D eigenvalue weighted by atomic mass is 9.98. The van der Waals surface area contributed by atoms with Crippen LogP contribution in [-0.2, 0) is 12.8 Å². The molecule has 0 radical (unpaired) electrons. The highest BCUT2D eigenvalue weighted by atomic mass is 16.4. The van der Waals surface area contributed by atoms with Crippen molar-refractivity contribution in [3.8, 4) is 0 Å². The molecule has 0 heterocycles. The first-order valence-electron chi connectivity index (χ1n) is 6.23. The largest absolute Gasteiger partial charge is 0.478 e. The first-order chi connectivity index (χ1) is 9.06. The molecule has 2 rings (SSSR count). The average Bonchev–Trinajstić information content (AvgIpc) is 2.37. The molecule has 0 spiro atoms. The summed E-state index contributed by atoms with van der Waals surface area (Å²) in [5.41, 5.74) is 9.81. The second kappa shape index (κ2) is 5.57. The van der Waals surface area contributed by atoms with Crippen molar-refractivity contribution in [3.05, 3.63) is 64.7 Å². The van der Waals surface area contributed by atoms with Gasteiger partial charge in [-0.05, 0) is 49.1 Å². The number of nitrogens with two attached hydrogens (primary N) is 1. The summed E-state index contributed by atoms with van der Waals surface area (Å²) in [7, 11) is 0. The van der Waals surface area contributed by atoms with E-state index >= 15 is 0 Å². The standard InChI is InChI=1S/C16H17NO2/c1-11-5-7-13(15(9-11)16(18)19)8-6-12-3-2-4-14(17)10-12/h2-5,7,9-10H,6,8,17H2,1H3,(H,18,19). The number of aromatic carboxylic acids is 1. The first kappa shape index (κ1) is 13.1. The quantitative estimate of drug-likeness (QED) is 0.825. The van der Waals surface area contributed by atoms with Crippen LogP contribution in [0, 0.1) is 6.92 Å². The van der Waals surface area contributed by atoms with Crippen LogP contribution in [0.3, 0.4) is 0 Å². The summed E-state index contributed by atoms with van der Waals surface area (Å²) in [5, 5.41) is 9.21. The van der Waals surface area contributed by atoms with Crippen LogP contribution in [0.5, 0.6) is 0 Å². The van der Waals surface area contributed by atoms with Crippen LogP contribution < -0.4 is 5.73 Å². The lowest BCUT2D eigenvalue weighted by molar-refractivity contribution is 0.0695. The van der Waals surface area contributed by atoms with Crippen LogP contribution in [0.15, 0.2) is 42.5 Å². The molecular weight excluding hydrogens is 238 g/mol. The van der Waals surface area contributed by atoms with E-state index in [0.29, 0.717) is 12.0 Å². The third-order valence-corrected chi connectivity index (χ3v) is 3.13. The molecule has 0 bridgehead atoms. The summed E-state index contributed by atoms with van der Waals surface area (Å²) in [4.78, 5) is 11.2. The van der Waals surface area contributed by atoms with E-state index in [1.807, 2.05) is 43.3 Å². The second-order valence-electron chi connectivity index (χ2n) is 4.71. The van der Waals surface area contributed by atoms with Gasteiger partial charge >= 0.3 is 5.97 Å². The minimum absolute atomic E-state index is 0.393. The highest BCUT2D eigenvalue weighted by molar-refractivity contribution is 5.89. The molecule has 0 aliphatic heterocycles. The molecule has 98 valence electrons. The highest BCUT2D eigenvalue weighted by Gasteiger charge is 2.10. The van der Waals surface area contributed by atoms with Crippen molar-refractivity contribution in [2.45, 2.75) is 19.8 Å². The number of aryl methyl sites for hydroxylation is 3. The monoisotopic (exact) mass is 255 g/mol. The van der Waals surface area contributed by atoms with E-state index in [-0.39, 0.29) is 0 Å². The third kappa shape index (κ3) is 3.35. The fourth-order valence-electron chi connectivity index (χ4n) is 2.14. The van der Waals surface area contributed by atoms with Crippen molar-refractivity contribution in [2.75, 3.05) is 5.73 Å². The van der Waals surface area contributed by atoms with Crippen molar-refractivity contribution in [1.82, 2.24) is 0 Å². The van der Waals surface area contributed by atoms with Crippen LogP contribution in [0.2, 0.25) is 0 Å². The third-order valence-electron chi connectivity index (χ3n) is 3.13. The summed E-state index contributed by atoms with van der Waals surface area (Å²) >= 11 is 0. The molecule has 0 saturated heterocycles. The van der Waals surface area contributed by atoms with E-state index in [2.05, 4.69) is 0 Å². The normalized spacial score (nSPS) is 10.4.